The maximum atomic E-state index is 12.5. The molecule has 0 unspecified atom stereocenters. The lowest BCUT2D eigenvalue weighted by molar-refractivity contribution is -0.138. The summed E-state index contributed by atoms with van der Waals surface area (Å²) in [7, 11) is 0. The number of aliphatic carboxylic acids is 1. The molecule has 1 rings (SSSR count). The molecule has 7 heteroatoms. The van der Waals surface area contributed by atoms with Gasteiger partial charge in [-0.05, 0) is 24.1 Å². The molecule has 0 atom stereocenters. The summed E-state index contributed by atoms with van der Waals surface area (Å²) in [4.78, 5) is 10.3. The third kappa shape index (κ3) is 3.52. The van der Waals surface area contributed by atoms with Gasteiger partial charge in [-0.25, -0.2) is 0 Å². The topological polar surface area (TPSA) is 57.5 Å². The molecule has 0 spiro atoms. The molecule has 0 aliphatic heterocycles. The molecule has 0 bridgehead atoms. The van der Waals surface area contributed by atoms with Crippen molar-refractivity contribution in [3.8, 4) is 5.75 Å². The first-order valence-corrected chi connectivity index (χ1v) is 4.90. The predicted molar refractivity (Wildman–Crippen MR) is 54.1 cm³/mol. The zero-order valence-corrected chi connectivity index (χ0v) is 9.14. The van der Waals surface area contributed by atoms with Crippen molar-refractivity contribution in [1.29, 1.82) is 0 Å². The number of hydrogen-bond acceptors (Lipinski definition) is 2. The molecule has 0 radical (unpaired) electrons. The van der Waals surface area contributed by atoms with Crippen molar-refractivity contribution in [3.63, 3.8) is 0 Å². The number of carboxylic acids is 1. The number of hydrogen-bond donors (Lipinski definition) is 2. The van der Waals surface area contributed by atoms with Gasteiger partial charge in [-0.2, -0.15) is 13.2 Å². The molecular formula is C10H8ClF3O3. The molecule has 2 N–H and O–H groups in total. The van der Waals surface area contributed by atoms with Gasteiger partial charge in [-0.15, -0.1) is 0 Å². The van der Waals surface area contributed by atoms with E-state index in [4.69, 9.17) is 16.7 Å². The molecule has 0 heterocycles. The molecule has 1 aromatic rings. The van der Waals surface area contributed by atoms with Crippen molar-refractivity contribution >= 4 is 17.6 Å². The Balaban J connectivity index is 3.15. The Morgan fingerprint density at radius 1 is 1.35 bits per heavy atom. The van der Waals surface area contributed by atoms with Gasteiger partial charge in [0.15, 0.2) is 0 Å². The zero-order valence-electron chi connectivity index (χ0n) is 8.38. The maximum absolute atomic E-state index is 12.5. The van der Waals surface area contributed by atoms with E-state index in [2.05, 4.69) is 0 Å². The van der Waals surface area contributed by atoms with Crippen molar-refractivity contribution in [2.24, 2.45) is 0 Å². The number of phenolic OH excluding ortho intramolecular Hbond substituents is 1. The van der Waals surface area contributed by atoms with Crippen LogP contribution in [0.4, 0.5) is 13.2 Å². The van der Waals surface area contributed by atoms with Gasteiger partial charge in [-0.1, -0.05) is 11.6 Å². The van der Waals surface area contributed by atoms with Crippen LogP contribution in [0.5, 0.6) is 5.75 Å². The van der Waals surface area contributed by atoms with Crippen LogP contribution in [0.1, 0.15) is 17.5 Å². The fourth-order valence-corrected chi connectivity index (χ4v) is 1.54. The number of rotatable bonds is 3. The summed E-state index contributed by atoms with van der Waals surface area (Å²) in [6.45, 7) is 0. The molecule has 0 aromatic heterocycles. The van der Waals surface area contributed by atoms with Gasteiger partial charge in [0.1, 0.15) is 5.75 Å². The third-order valence-electron chi connectivity index (χ3n) is 2.07. The maximum Gasteiger partial charge on any atom is 0.420 e. The number of carbonyl (C=O) groups is 1. The standard InChI is InChI=1S/C10H8ClF3O3/c11-6-3-5(1-2-8(15)16)9(17)7(4-6)10(12,13)14/h3-4,17H,1-2H2,(H,15,16). The van der Waals surface area contributed by atoms with E-state index in [1.54, 1.807) is 0 Å². The van der Waals surface area contributed by atoms with Crippen LogP contribution >= 0.6 is 11.6 Å². The summed E-state index contributed by atoms with van der Waals surface area (Å²) in [5, 5.41) is 17.6. The largest absolute Gasteiger partial charge is 0.507 e. The number of aryl methyl sites for hydroxylation is 1. The van der Waals surface area contributed by atoms with Crippen molar-refractivity contribution in [3.05, 3.63) is 28.3 Å². The molecule has 0 aliphatic carbocycles. The van der Waals surface area contributed by atoms with Crippen LogP contribution < -0.4 is 0 Å². The molecule has 0 amide bonds. The van der Waals surface area contributed by atoms with Crippen LogP contribution in [-0.4, -0.2) is 16.2 Å². The second-order valence-corrected chi connectivity index (χ2v) is 3.79. The fourth-order valence-electron chi connectivity index (χ4n) is 1.30. The van der Waals surface area contributed by atoms with E-state index in [0.717, 1.165) is 6.07 Å². The Bertz CT molecular complexity index is 443. The van der Waals surface area contributed by atoms with E-state index < -0.39 is 23.5 Å². The average Bonchev–Trinajstić information content (AvgIpc) is 2.17. The van der Waals surface area contributed by atoms with E-state index >= 15 is 0 Å². The Hall–Kier alpha value is -1.43. The highest BCUT2D eigenvalue weighted by Gasteiger charge is 2.35. The lowest BCUT2D eigenvalue weighted by Gasteiger charge is -2.12. The summed E-state index contributed by atoms with van der Waals surface area (Å²) in [6.07, 6.45) is -5.33. The van der Waals surface area contributed by atoms with Gasteiger partial charge in [0.05, 0.1) is 5.56 Å². The predicted octanol–water partition coefficient (Wildman–Crippen LogP) is 3.08. The molecule has 0 fully saturated rings. The van der Waals surface area contributed by atoms with E-state index in [1.165, 1.54) is 0 Å². The van der Waals surface area contributed by atoms with Crippen molar-refractivity contribution in [2.45, 2.75) is 19.0 Å². The molecule has 0 saturated carbocycles. The molecular weight excluding hydrogens is 261 g/mol. The monoisotopic (exact) mass is 268 g/mol. The SMILES string of the molecule is O=C(O)CCc1cc(Cl)cc(C(F)(F)F)c1O. The van der Waals surface area contributed by atoms with Crippen LogP contribution in [0, 0.1) is 0 Å². The van der Waals surface area contributed by atoms with Gasteiger partial charge >= 0.3 is 12.1 Å². The van der Waals surface area contributed by atoms with E-state index in [1.807, 2.05) is 0 Å². The van der Waals surface area contributed by atoms with E-state index in [9.17, 15) is 23.1 Å². The van der Waals surface area contributed by atoms with Crippen molar-refractivity contribution < 1.29 is 28.2 Å². The molecule has 1 aromatic carbocycles. The van der Waals surface area contributed by atoms with Crippen LogP contribution in [0.3, 0.4) is 0 Å². The highest BCUT2D eigenvalue weighted by atomic mass is 35.5. The van der Waals surface area contributed by atoms with Crippen LogP contribution in [0.25, 0.3) is 0 Å². The summed E-state index contributed by atoms with van der Waals surface area (Å²) >= 11 is 5.48. The average molecular weight is 269 g/mol. The lowest BCUT2D eigenvalue weighted by Crippen LogP contribution is -2.07. The smallest absolute Gasteiger partial charge is 0.420 e. The first kappa shape index (κ1) is 13.6. The number of carboxylic acid groups (broad SMARTS) is 1. The summed E-state index contributed by atoms with van der Waals surface area (Å²) in [5.74, 6) is -2.14. The van der Waals surface area contributed by atoms with Gasteiger partial charge in [0.25, 0.3) is 0 Å². The second-order valence-electron chi connectivity index (χ2n) is 3.35. The van der Waals surface area contributed by atoms with Crippen LogP contribution in [-0.2, 0) is 17.4 Å². The number of phenols is 1. The fraction of sp³-hybridized carbons (Fsp3) is 0.300. The minimum absolute atomic E-state index is 0.132. The Morgan fingerprint density at radius 2 is 1.94 bits per heavy atom. The molecule has 0 aliphatic rings. The van der Waals surface area contributed by atoms with Gasteiger partial charge in [-0.3, -0.25) is 4.79 Å². The third-order valence-corrected chi connectivity index (χ3v) is 2.29. The van der Waals surface area contributed by atoms with Crippen LogP contribution in [0.2, 0.25) is 5.02 Å². The minimum atomic E-state index is -4.73. The summed E-state index contributed by atoms with van der Waals surface area (Å²) < 4.78 is 37.4. The number of aromatic hydroxyl groups is 1. The molecule has 94 valence electrons. The number of halogens is 4. The first-order chi connectivity index (χ1) is 7.71. The Kier molecular flexibility index (Phi) is 3.87. The molecule has 0 saturated heterocycles. The molecule has 3 nitrogen and oxygen atoms in total. The van der Waals surface area contributed by atoms with E-state index in [-0.39, 0.29) is 23.4 Å². The summed E-state index contributed by atoms with van der Waals surface area (Å²) in [6, 6.07) is 1.72. The van der Waals surface area contributed by atoms with Gasteiger partial charge in [0.2, 0.25) is 0 Å². The normalized spacial score (nSPS) is 11.5. The van der Waals surface area contributed by atoms with Crippen molar-refractivity contribution in [1.82, 2.24) is 0 Å². The highest BCUT2D eigenvalue weighted by Crippen LogP contribution is 2.39. The number of benzene rings is 1. The second kappa shape index (κ2) is 4.83. The first-order valence-electron chi connectivity index (χ1n) is 4.52. The molecule has 17 heavy (non-hydrogen) atoms. The van der Waals surface area contributed by atoms with Crippen LogP contribution in [0.15, 0.2) is 12.1 Å². The van der Waals surface area contributed by atoms with Crippen molar-refractivity contribution in [2.75, 3.05) is 0 Å². The number of alkyl halides is 3. The minimum Gasteiger partial charge on any atom is -0.507 e. The zero-order chi connectivity index (χ0) is 13.2. The summed E-state index contributed by atoms with van der Waals surface area (Å²) in [5.41, 5.74) is -1.39. The lowest BCUT2D eigenvalue weighted by atomic mass is 10.0. The Labute approximate surface area is 99.4 Å². The highest BCUT2D eigenvalue weighted by molar-refractivity contribution is 6.30. The Morgan fingerprint density at radius 3 is 2.41 bits per heavy atom. The van der Waals surface area contributed by atoms with Gasteiger partial charge in [0, 0.05) is 11.4 Å². The van der Waals surface area contributed by atoms with E-state index in [0.29, 0.717) is 6.07 Å². The van der Waals surface area contributed by atoms with Gasteiger partial charge < -0.3 is 10.2 Å². The quantitative estimate of drug-likeness (QED) is 0.886.